The van der Waals surface area contributed by atoms with Crippen LogP contribution in [0.2, 0.25) is 0 Å². The van der Waals surface area contributed by atoms with E-state index in [0.717, 1.165) is 10.6 Å². The molecule has 0 bridgehead atoms. The molecule has 0 fully saturated rings. The second kappa shape index (κ2) is 9.17. The molecular formula is C17H17NO3S2. The van der Waals surface area contributed by atoms with Crippen LogP contribution in [0.5, 0.6) is 0 Å². The Morgan fingerprint density at radius 2 is 2.04 bits per heavy atom. The number of thioether (sulfide) groups is 1. The summed E-state index contributed by atoms with van der Waals surface area (Å²) in [6, 6.07) is 11.2. The fourth-order valence-electron chi connectivity index (χ4n) is 1.71. The lowest BCUT2D eigenvalue weighted by Gasteiger charge is -2.05. The first-order chi connectivity index (χ1) is 11.2. The molecule has 120 valence electrons. The van der Waals surface area contributed by atoms with Crippen molar-refractivity contribution in [2.75, 3.05) is 17.7 Å². The van der Waals surface area contributed by atoms with Crippen molar-refractivity contribution in [1.29, 1.82) is 0 Å². The molecule has 23 heavy (non-hydrogen) atoms. The summed E-state index contributed by atoms with van der Waals surface area (Å²) in [5.41, 5.74) is 0.759. The maximum absolute atomic E-state index is 11.9. The molecule has 0 radical (unpaired) electrons. The maximum Gasteiger partial charge on any atom is 0.330 e. The number of nitrogens with one attached hydrogen (secondary N) is 1. The number of anilines is 1. The standard InChI is InChI=1S/C17H17NO3S2/c1-2-21-16(19)6-4-11-22-14-9-7-13(8-10-14)18-17(20)15-5-3-12-23-15/h3-10,12H,2,11H2,1H3,(H,18,20)/b6-4+. The maximum atomic E-state index is 11.9. The predicted molar refractivity (Wildman–Crippen MR) is 95.2 cm³/mol. The molecule has 0 saturated heterocycles. The lowest BCUT2D eigenvalue weighted by atomic mass is 10.3. The highest BCUT2D eigenvalue weighted by atomic mass is 32.2. The van der Waals surface area contributed by atoms with Gasteiger partial charge in [-0.25, -0.2) is 4.79 Å². The smallest absolute Gasteiger partial charge is 0.330 e. The Morgan fingerprint density at radius 1 is 1.26 bits per heavy atom. The minimum Gasteiger partial charge on any atom is -0.463 e. The first-order valence-electron chi connectivity index (χ1n) is 7.10. The normalized spacial score (nSPS) is 10.7. The fraction of sp³-hybridized carbons (Fsp3) is 0.176. The molecule has 0 aliphatic carbocycles. The van der Waals surface area contributed by atoms with Gasteiger partial charge in [0.25, 0.3) is 5.91 Å². The number of amides is 1. The zero-order valence-electron chi connectivity index (χ0n) is 12.7. The molecule has 1 N–H and O–H groups in total. The van der Waals surface area contributed by atoms with Crippen molar-refractivity contribution in [3.8, 4) is 0 Å². The number of benzene rings is 1. The highest BCUT2D eigenvalue weighted by Gasteiger charge is 2.06. The highest BCUT2D eigenvalue weighted by molar-refractivity contribution is 7.99. The summed E-state index contributed by atoms with van der Waals surface area (Å²) >= 11 is 3.01. The molecule has 2 aromatic rings. The molecule has 6 heteroatoms. The Morgan fingerprint density at radius 3 is 2.70 bits per heavy atom. The molecule has 0 saturated carbocycles. The summed E-state index contributed by atoms with van der Waals surface area (Å²) in [5, 5.41) is 4.73. The van der Waals surface area contributed by atoms with E-state index in [2.05, 4.69) is 5.32 Å². The van der Waals surface area contributed by atoms with Gasteiger partial charge in [-0.05, 0) is 42.6 Å². The first kappa shape index (κ1) is 17.3. The van der Waals surface area contributed by atoms with E-state index in [1.54, 1.807) is 30.8 Å². The molecule has 1 aromatic heterocycles. The largest absolute Gasteiger partial charge is 0.463 e. The van der Waals surface area contributed by atoms with Crippen molar-refractivity contribution in [1.82, 2.24) is 0 Å². The van der Waals surface area contributed by atoms with Crippen molar-refractivity contribution < 1.29 is 14.3 Å². The Bertz CT molecular complexity index is 664. The molecule has 1 amide bonds. The van der Waals surface area contributed by atoms with E-state index in [-0.39, 0.29) is 11.9 Å². The van der Waals surface area contributed by atoms with Gasteiger partial charge in [-0.2, -0.15) is 0 Å². The quantitative estimate of drug-likeness (QED) is 0.463. The van der Waals surface area contributed by atoms with Crippen molar-refractivity contribution in [2.24, 2.45) is 0 Å². The Hall–Kier alpha value is -2.05. The van der Waals surface area contributed by atoms with Crippen LogP contribution in [-0.4, -0.2) is 24.2 Å². The number of carbonyl (C=O) groups excluding carboxylic acids is 2. The Kier molecular flexibility index (Phi) is 6.90. The van der Waals surface area contributed by atoms with Gasteiger partial charge in [-0.15, -0.1) is 23.1 Å². The molecule has 0 unspecified atom stereocenters. The van der Waals surface area contributed by atoms with Crippen LogP contribution in [0.1, 0.15) is 16.6 Å². The molecule has 0 atom stereocenters. The van der Waals surface area contributed by atoms with Gasteiger partial charge in [-0.1, -0.05) is 12.1 Å². The van der Waals surface area contributed by atoms with Crippen LogP contribution in [0.15, 0.2) is 58.8 Å². The lowest BCUT2D eigenvalue weighted by molar-refractivity contribution is -0.137. The van der Waals surface area contributed by atoms with E-state index in [9.17, 15) is 9.59 Å². The minimum absolute atomic E-state index is 0.0993. The second-order valence-corrected chi connectivity index (χ2v) is 6.46. The van der Waals surface area contributed by atoms with Crippen LogP contribution in [0.4, 0.5) is 5.69 Å². The zero-order valence-corrected chi connectivity index (χ0v) is 14.3. The van der Waals surface area contributed by atoms with Gasteiger partial charge in [0.2, 0.25) is 0 Å². The number of ether oxygens (including phenoxy) is 1. The van der Waals surface area contributed by atoms with E-state index in [4.69, 9.17) is 4.74 Å². The van der Waals surface area contributed by atoms with E-state index in [1.165, 1.54) is 17.4 Å². The van der Waals surface area contributed by atoms with Gasteiger partial charge in [0.05, 0.1) is 11.5 Å². The van der Waals surface area contributed by atoms with Crippen molar-refractivity contribution >= 4 is 40.7 Å². The highest BCUT2D eigenvalue weighted by Crippen LogP contribution is 2.21. The van der Waals surface area contributed by atoms with Gasteiger partial charge < -0.3 is 10.1 Å². The number of hydrogen-bond acceptors (Lipinski definition) is 5. The molecular weight excluding hydrogens is 330 g/mol. The van der Waals surface area contributed by atoms with Gasteiger partial charge in [-0.3, -0.25) is 4.79 Å². The van der Waals surface area contributed by atoms with Crippen LogP contribution < -0.4 is 5.32 Å². The Balaban J connectivity index is 1.80. The SMILES string of the molecule is CCOC(=O)/C=C/CSc1ccc(NC(=O)c2cccs2)cc1. The number of carbonyl (C=O) groups is 2. The van der Waals surface area contributed by atoms with Gasteiger partial charge in [0, 0.05) is 22.4 Å². The van der Waals surface area contributed by atoms with E-state index >= 15 is 0 Å². The molecule has 2 rings (SSSR count). The lowest BCUT2D eigenvalue weighted by Crippen LogP contribution is -2.09. The van der Waals surface area contributed by atoms with Crippen LogP contribution in [0.25, 0.3) is 0 Å². The molecule has 0 aliphatic rings. The summed E-state index contributed by atoms with van der Waals surface area (Å²) in [5.74, 6) is 0.261. The summed E-state index contributed by atoms with van der Waals surface area (Å²) in [4.78, 5) is 24.8. The summed E-state index contributed by atoms with van der Waals surface area (Å²) < 4.78 is 4.80. The van der Waals surface area contributed by atoms with Crippen molar-refractivity contribution in [3.05, 3.63) is 58.8 Å². The zero-order chi connectivity index (χ0) is 16.5. The van der Waals surface area contributed by atoms with Crippen LogP contribution in [0, 0.1) is 0 Å². The second-order valence-electron chi connectivity index (χ2n) is 4.42. The molecule has 0 aliphatic heterocycles. The fourth-order valence-corrected chi connectivity index (χ4v) is 3.05. The number of thiophene rings is 1. The summed E-state index contributed by atoms with van der Waals surface area (Å²) in [6.07, 6.45) is 3.21. The molecule has 1 aromatic carbocycles. The van der Waals surface area contributed by atoms with Gasteiger partial charge in [0.15, 0.2) is 0 Å². The van der Waals surface area contributed by atoms with Crippen LogP contribution in [-0.2, 0) is 9.53 Å². The number of rotatable bonds is 7. The third kappa shape index (κ3) is 5.92. The third-order valence-corrected chi connectivity index (χ3v) is 4.58. The summed E-state index contributed by atoms with van der Waals surface area (Å²) in [7, 11) is 0. The van der Waals surface area contributed by atoms with Crippen LogP contribution >= 0.6 is 23.1 Å². The Labute approximate surface area is 143 Å². The van der Waals surface area contributed by atoms with Crippen molar-refractivity contribution in [3.63, 3.8) is 0 Å². The number of esters is 1. The predicted octanol–water partition coefficient (Wildman–Crippen LogP) is 4.21. The first-order valence-corrected chi connectivity index (χ1v) is 8.96. The van der Waals surface area contributed by atoms with Gasteiger partial charge >= 0.3 is 5.97 Å². The molecule has 0 spiro atoms. The van der Waals surface area contributed by atoms with Crippen LogP contribution in [0.3, 0.4) is 0 Å². The van der Waals surface area contributed by atoms with Crippen molar-refractivity contribution in [2.45, 2.75) is 11.8 Å². The minimum atomic E-state index is -0.320. The monoisotopic (exact) mass is 347 g/mol. The average molecular weight is 347 g/mol. The number of hydrogen-bond donors (Lipinski definition) is 1. The third-order valence-electron chi connectivity index (χ3n) is 2.74. The van der Waals surface area contributed by atoms with Gasteiger partial charge in [0.1, 0.15) is 0 Å². The molecule has 1 heterocycles. The topological polar surface area (TPSA) is 55.4 Å². The summed E-state index contributed by atoms with van der Waals surface area (Å²) in [6.45, 7) is 2.16. The van der Waals surface area contributed by atoms with E-state index in [1.807, 2.05) is 35.7 Å². The molecule has 4 nitrogen and oxygen atoms in total. The average Bonchev–Trinajstić information content (AvgIpc) is 3.08. The van der Waals surface area contributed by atoms with E-state index in [0.29, 0.717) is 17.2 Å². The van der Waals surface area contributed by atoms with E-state index < -0.39 is 0 Å².